The molecule has 5 rings (SSSR count). The molecule has 0 saturated carbocycles. The molecule has 2 aromatic carbocycles. The number of ether oxygens (including phenoxy) is 2. The number of fused-ring (bicyclic) bond motifs is 1. The Kier molecular flexibility index (Phi) is 7.29. The van der Waals surface area contributed by atoms with E-state index < -0.39 is 0 Å². The van der Waals surface area contributed by atoms with Crippen LogP contribution >= 0.6 is 0 Å². The molecule has 1 saturated heterocycles. The second-order valence-corrected chi connectivity index (χ2v) is 8.77. The van der Waals surface area contributed by atoms with Gasteiger partial charge in [0, 0.05) is 41.9 Å². The van der Waals surface area contributed by atoms with Gasteiger partial charge in [-0.1, -0.05) is 12.5 Å². The predicted octanol–water partition coefficient (Wildman–Crippen LogP) is 5.71. The molecule has 1 fully saturated rings. The van der Waals surface area contributed by atoms with Gasteiger partial charge in [0.1, 0.15) is 5.82 Å². The van der Waals surface area contributed by atoms with Crippen LogP contribution in [0.25, 0.3) is 10.9 Å². The number of benzene rings is 2. The summed E-state index contributed by atoms with van der Waals surface area (Å²) in [7, 11) is 1.65. The molecule has 0 aliphatic carbocycles. The number of aromatic nitrogens is 3. The zero-order chi connectivity index (χ0) is 23.9. The Morgan fingerprint density at radius 3 is 2.69 bits per heavy atom. The lowest BCUT2D eigenvalue weighted by molar-refractivity contribution is 0.203. The van der Waals surface area contributed by atoms with Crippen LogP contribution in [0.4, 0.5) is 23.1 Å². The van der Waals surface area contributed by atoms with Crippen molar-refractivity contribution in [3.8, 4) is 11.5 Å². The summed E-state index contributed by atoms with van der Waals surface area (Å²) in [5, 5.41) is 7.76. The van der Waals surface area contributed by atoms with Crippen molar-refractivity contribution >= 4 is 34.0 Å². The van der Waals surface area contributed by atoms with Gasteiger partial charge < -0.3 is 30.0 Å². The molecule has 0 unspecified atom stereocenters. The number of anilines is 4. The maximum absolute atomic E-state index is 6.01. The Morgan fingerprint density at radius 2 is 1.80 bits per heavy atom. The topological polar surface area (TPSA) is 87.3 Å². The van der Waals surface area contributed by atoms with Crippen molar-refractivity contribution in [3.63, 3.8) is 0 Å². The summed E-state index contributed by atoms with van der Waals surface area (Å²) in [6, 6.07) is 15.8. The molecular formula is C27H32N6O2. The Balaban J connectivity index is 1.18. The molecule has 1 aliphatic rings. The normalized spacial score (nSPS) is 14.1. The molecule has 182 valence electrons. The van der Waals surface area contributed by atoms with Gasteiger partial charge in [-0.3, -0.25) is 0 Å². The summed E-state index contributed by atoms with van der Waals surface area (Å²) < 4.78 is 11.6. The average Bonchev–Trinajstić information content (AvgIpc) is 3.36. The van der Waals surface area contributed by atoms with Crippen LogP contribution in [0.2, 0.25) is 0 Å². The minimum atomic E-state index is 0.494. The number of nitrogens with zero attached hydrogens (tertiary/aromatic N) is 3. The minimum Gasteiger partial charge on any atom is -0.493 e. The highest BCUT2D eigenvalue weighted by atomic mass is 16.5. The van der Waals surface area contributed by atoms with E-state index in [4.69, 9.17) is 9.47 Å². The summed E-state index contributed by atoms with van der Waals surface area (Å²) in [4.78, 5) is 14.7. The van der Waals surface area contributed by atoms with Crippen molar-refractivity contribution in [1.82, 2.24) is 19.9 Å². The fourth-order valence-corrected chi connectivity index (χ4v) is 4.41. The lowest BCUT2D eigenvalue weighted by Crippen LogP contribution is -2.31. The average molecular weight is 473 g/mol. The van der Waals surface area contributed by atoms with Gasteiger partial charge in [0.25, 0.3) is 0 Å². The second kappa shape index (κ2) is 11.1. The highest BCUT2D eigenvalue weighted by Crippen LogP contribution is 2.31. The van der Waals surface area contributed by atoms with E-state index in [1.54, 1.807) is 13.3 Å². The smallest absolute Gasteiger partial charge is 0.229 e. The third-order valence-electron chi connectivity index (χ3n) is 6.23. The van der Waals surface area contributed by atoms with E-state index in [1.165, 1.54) is 37.7 Å². The van der Waals surface area contributed by atoms with Crippen LogP contribution in [0.3, 0.4) is 0 Å². The summed E-state index contributed by atoms with van der Waals surface area (Å²) in [6.07, 6.45) is 8.65. The number of piperidine rings is 1. The fourth-order valence-electron chi connectivity index (χ4n) is 4.41. The summed E-state index contributed by atoms with van der Waals surface area (Å²) in [6.45, 7) is 4.18. The molecule has 0 amide bonds. The Morgan fingerprint density at radius 1 is 0.943 bits per heavy atom. The van der Waals surface area contributed by atoms with Crippen LogP contribution in [0, 0.1) is 0 Å². The Hall–Kier alpha value is -3.78. The van der Waals surface area contributed by atoms with Crippen molar-refractivity contribution in [3.05, 3.63) is 60.9 Å². The number of methoxy groups -OCH3 is 1. The fraction of sp³-hybridized carbons (Fsp3) is 0.333. The molecule has 2 aromatic heterocycles. The number of hydrogen-bond donors (Lipinski definition) is 3. The molecule has 0 bridgehead atoms. The van der Waals surface area contributed by atoms with Gasteiger partial charge in [0.05, 0.1) is 13.7 Å². The summed E-state index contributed by atoms with van der Waals surface area (Å²) >= 11 is 0. The first-order valence-corrected chi connectivity index (χ1v) is 12.2. The third-order valence-corrected chi connectivity index (χ3v) is 6.23. The molecule has 3 N–H and O–H groups in total. The van der Waals surface area contributed by atoms with E-state index in [0.29, 0.717) is 24.1 Å². The first-order valence-electron chi connectivity index (χ1n) is 12.2. The van der Waals surface area contributed by atoms with E-state index in [2.05, 4.69) is 42.6 Å². The van der Waals surface area contributed by atoms with Gasteiger partial charge in [-0.2, -0.15) is 4.98 Å². The minimum absolute atomic E-state index is 0.494. The number of nitrogens with one attached hydrogen (secondary N) is 3. The van der Waals surface area contributed by atoms with Crippen molar-refractivity contribution in [2.45, 2.75) is 25.7 Å². The van der Waals surface area contributed by atoms with Crippen LogP contribution in [-0.4, -0.2) is 53.2 Å². The van der Waals surface area contributed by atoms with E-state index in [9.17, 15) is 0 Å². The van der Waals surface area contributed by atoms with Crippen LogP contribution < -0.4 is 20.1 Å². The van der Waals surface area contributed by atoms with Gasteiger partial charge in [-0.25, -0.2) is 4.98 Å². The van der Waals surface area contributed by atoms with Crippen LogP contribution in [0.1, 0.15) is 25.7 Å². The molecule has 3 heterocycles. The SMILES string of the molecule is COc1cc(Nc2nccc(Nc3ccc4cc[nH]c4c3)n2)ccc1OCCCN1CCCCC1. The quantitative estimate of drug-likeness (QED) is 0.255. The zero-order valence-corrected chi connectivity index (χ0v) is 20.1. The Labute approximate surface area is 205 Å². The highest BCUT2D eigenvalue weighted by Gasteiger charge is 2.11. The van der Waals surface area contributed by atoms with Gasteiger partial charge in [0.15, 0.2) is 11.5 Å². The van der Waals surface area contributed by atoms with E-state index in [-0.39, 0.29) is 0 Å². The van der Waals surface area contributed by atoms with Crippen LogP contribution in [-0.2, 0) is 0 Å². The number of hydrogen-bond acceptors (Lipinski definition) is 7. The van der Waals surface area contributed by atoms with E-state index in [1.807, 2.05) is 42.6 Å². The number of H-pyrrole nitrogens is 1. The maximum atomic E-state index is 6.01. The monoisotopic (exact) mass is 472 g/mol. The Bertz CT molecular complexity index is 1250. The molecule has 0 spiro atoms. The van der Waals surface area contributed by atoms with Crippen molar-refractivity contribution in [2.24, 2.45) is 0 Å². The lowest BCUT2D eigenvalue weighted by atomic mass is 10.1. The van der Waals surface area contributed by atoms with Gasteiger partial charge in [0.2, 0.25) is 5.95 Å². The van der Waals surface area contributed by atoms with Crippen molar-refractivity contribution in [2.75, 3.05) is 44.0 Å². The van der Waals surface area contributed by atoms with E-state index in [0.717, 1.165) is 35.6 Å². The summed E-state index contributed by atoms with van der Waals surface area (Å²) in [5.74, 6) is 2.62. The number of aromatic amines is 1. The molecular weight excluding hydrogens is 440 g/mol. The second-order valence-electron chi connectivity index (χ2n) is 8.77. The van der Waals surface area contributed by atoms with Gasteiger partial charge >= 0.3 is 0 Å². The first kappa shape index (κ1) is 23.0. The molecule has 8 nitrogen and oxygen atoms in total. The molecule has 35 heavy (non-hydrogen) atoms. The van der Waals surface area contributed by atoms with Gasteiger partial charge in [-0.05, 0) is 74.1 Å². The van der Waals surface area contributed by atoms with Crippen LogP contribution in [0.5, 0.6) is 11.5 Å². The van der Waals surface area contributed by atoms with Crippen molar-refractivity contribution in [1.29, 1.82) is 0 Å². The predicted molar refractivity (Wildman–Crippen MR) is 140 cm³/mol. The molecule has 0 radical (unpaired) electrons. The largest absolute Gasteiger partial charge is 0.493 e. The van der Waals surface area contributed by atoms with Gasteiger partial charge in [-0.15, -0.1) is 0 Å². The number of likely N-dealkylation sites (tertiary alicyclic amines) is 1. The lowest BCUT2D eigenvalue weighted by Gasteiger charge is -2.26. The van der Waals surface area contributed by atoms with E-state index >= 15 is 0 Å². The zero-order valence-electron chi connectivity index (χ0n) is 20.1. The molecule has 0 atom stereocenters. The highest BCUT2D eigenvalue weighted by molar-refractivity contribution is 5.83. The molecule has 4 aromatic rings. The first-order chi connectivity index (χ1) is 17.3. The summed E-state index contributed by atoms with van der Waals surface area (Å²) in [5.41, 5.74) is 2.85. The van der Waals surface area contributed by atoms with Crippen molar-refractivity contribution < 1.29 is 9.47 Å². The third kappa shape index (κ3) is 6.02. The maximum Gasteiger partial charge on any atom is 0.229 e. The molecule has 8 heteroatoms. The standard InChI is InChI=1S/C27H32N6O2/c1-34-25-19-22(8-9-24(25)35-17-5-16-33-14-3-2-4-15-33)31-27-29-13-11-26(32-27)30-21-7-6-20-10-12-28-23(20)18-21/h6-13,18-19,28H,2-5,14-17H2,1H3,(H2,29,30,31,32). The van der Waals surface area contributed by atoms with Crippen LogP contribution in [0.15, 0.2) is 60.9 Å². The molecule has 1 aliphatic heterocycles. The number of rotatable bonds is 10.